The van der Waals surface area contributed by atoms with Gasteiger partial charge in [-0.25, -0.2) is 4.98 Å². The summed E-state index contributed by atoms with van der Waals surface area (Å²) in [4.78, 5) is 42.3. The van der Waals surface area contributed by atoms with Crippen LogP contribution in [0.5, 0.6) is 0 Å². The first kappa shape index (κ1) is 22.7. The molecule has 6 nitrogen and oxygen atoms in total. The highest BCUT2D eigenvalue weighted by molar-refractivity contribution is 7.99. The Balaban J connectivity index is 1.76. The summed E-state index contributed by atoms with van der Waals surface area (Å²) in [5, 5.41) is 3.94. The number of benzene rings is 2. The zero-order valence-electron chi connectivity index (χ0n) is 18.4. The number of amides is 1. The summed E-state index contributed by atoms with van der Waals surface area (Å²) in [6, 6.07) is 14.0. The van der Waals surface area contributed by atoms with E-state index >= 15 is 0 Å². The van der Waals surface area contributed by atoms with Crippen molar-refractivity contribution in [2.45, 2.75) is 45.8 Å². The number of hydrogen-bond donors (Lipinski definition) is 1. The second kappa shape index (κ2) is 9.06. The van der Waals surface area contributed by atoms with E-state index in [2.05, 4.69) is 10.3 Å². The molecule has 7 heteroatoms. The van der Waals surface area contributed by atoms with Crippen molar-refractivity contribution < 1.29 is 9.59 Å². The van der Waals surface area contributed by atoms with Gasteiger partial charge in [-0.05, 0) is 50.2 Å². The third kappa shape index (κ3) is 5.22. The van der Waals surface area contributed by atoms with Crippen molar-refractivity contribution in [2.24, 2.45) is 5.41 Å². The minimum atomic E-state index is -0.496. The average Bonchev–Trinajstić information content (AvgIpc) is 2.71. The lowest BCUT2D eigenvalue weighted by atomic mass is 9.95. The fraction of sp³-hybridized carbons (Fsp3) is 0.333. The van der Waals surface area contributed by atoms with Crippen LogP contribution in [0.4, 0.5) is 5.69 Å². The van der Waals surface area contributed by atoms with Crippen LogP contribution in [0, 0.1) is 5.41 Å². The summed E-state index contributed by atoms with van der Waals surface area (Å²) in [5.41, 5.74) is 1.21. The van der Waals surface area contributed by atoms with Gasteiger partial charge in [0.2, 0.25) is 5.91 Å². The Morgan fingerprint density at radius 3 is 2.32 bits per heavy atom. The molecule has 1 amide bonds. The average molecular weight is 438 g/mol. The van der Waals surface area contributed by atoms with Crippen molar-refractivity contribution in [3.8, 4) is 0 Å². The van der Waals surface area contributed by atoms with Gasteiger partial charge < -0.3 is 5.32 Å². The molecule has 2 aromatic carbocycles. The van der Waals surface area contributed by atoms with E-state index in [1.807, 2.05) is 46.8 Å². The molecular formula is C24H27N3O3S. The minimum absolute atomic E-state index is 0.0728. The predicted molar refractivity (Wildman–Crippen MR) is 126 cm³/mol. The lowest BCUT2D eigenvalue weighted by Crippen LogP contribution is -2.27. The van der Waals surface area contributed by atoms with E-state index in [4.69, 9.17) is 0 Å². The molecule has 1 heterocycles. The standard InChI is InChI=1S/C24H27N3O3S/c1-15(2)27-21(29)18-8-6-7-9-19(18)26-23(27)31-14-20(28)16-10-12-17(13-11-16)25-22(30)24(3,4)5/h6-13,15H,14H2,1-5H3,(H,25,30). The molecule has 0 aliphatic rings. The fourth-order valence-corrected chi connectivity index (χ4v) is 3.98. The van der Waals surface area contributed by atoms with Crippen LogP contribution < -0.4 is 10.9 Å². The highest BCUT2D eigenvalue weighted by atomic mass is 32.2. The first-order valence-corrected chi connectivity index (χ1v) is 11.2. The summed E-state index contributed by atoms with van der Waals surface area (Å²) in [7, 11) is 0. The second-order valence-corrected chi connectivity index (χ2v) is 9.62. The first-order chi connectivity index (χ1) is 14.6. The van der Waals surface area contributed by atoms with E-state index in [0.717, 1.165) is 0 Å². The smallest absolute Gasteiger partial charge is 0.262 e. The number of anilines is 1. The second-order valence-electron chi connectivity index (χ2n) is 8.67. The van der Waals surface area contributed by atoms with Gasteiger partial charge >= 0.3 is 0 Å². The van der Waals surface area contributed by atoms with E-state index in [1.165, 1.54) is 11.8 Å². The molecule has 0 aliphatic carbocycles. The Morgan fingerprint density at radius 1 is 1.06 bits per heavy atom. The van der Waals surface area contributed by atoms with Crippen molar-refractivity contribution in [3.63, 3.8) is 0 Å². The molecular weight excluding hydrogens is 410 g/mol. The van der Waals surface area contributed by atoms with Gasteiger partial charge in [-0.1, -0.05) is 44.7 Å². The van der Waals surface area contributed by atoms with Crippen LogP contribution in [0.3, 0.4) is 0 Å². The zero-order chi connectivity index (χ0) is 22.8. The van der Waals surface area contributed by atoms with Crippen molar-refractivity contribution in [3.05, 3.63) is 64.4 Å². The largest absolute Gasteiger partial charge is 0.326 e. The molecule has 0 aliphatic heterocycles. The molecule has 3 aromatic rings. The number of Topliss-reactive ketones (excluding diaryl/α,β-unsaturated/α-hetero) is 1. The summed E-state index contributed by atoms with van der Waals surface area (Å²) < 4.78 is 1.63. The maximum Gasteiger partial charge on any atom is 0.262 e. The summed E-state index contributed by atoms with van der Waals surface area (Å²) in [6.45, 7) is 9.38. The number of para-hydroxylation sites is 1. The van der Waals surface area contributed by atoms with Gasteiger partial charge in [-0.3, -0.25) is 19.0 Å². The molecule has 162 valence electrons. The molecule has 1 N–H and O–H groups in total. The monoisotopic (exact) mass is 437 g/mol. The Labute approximate surface area is 186 Å². The van der Waals surface area contributed by atoms with Crippen LogP contribution in [0.2, 0.25) is 0 Å². The Kier molecular flexibility index (Phi) is 6.65. The van der Waals surface area contributed by atoms with Gasteiger partial charge in [0, 0.05) is 22.7 Å². The van der Waals surface area contributed by atoms with Gasteiger partial charge in [0.1, 0.15) is 0 Å². The molecule has 0 bridgehead atoms. The molecule has 0 unspecified atom stereocenters. The molecule has 31 heavy (non-hydrogen) atoms. The number of thioether (sulfide) groups is 1. The minimum Gasteiger partial charge on any atom is -0.326 e. The fourth-order valence-electron chi connectivity index (χ4n) is 2.95. The van der Waals surface area contributed by atoms with Crippen LogP contribution in [-0.4, -0.2) is 27.0 Å². The quantitative estimate of drug-likeness (QED) is 0.336. The number of nitrogens with zero attached hydrogens (tertiary/aromatic N) is 2. The van der Waals surface area contributed by atoms with Gasteiger partial charge in [0.15, 0.2) is 10.9 Å². The van der Waals surface area contributed by atoms with E-state index in [9.17, 15) is 14.4 Å². The number of aromatic nitrogens is 2. The molecule has 3 rings (SSSR count). The van der Waals surface area contributed by atoms with E-state index < -0.39 is 5.41 Å². The van der Waals surface area contributed by atoms with Crippen LogP contribution in [-0.2, 0) is 4.79 Å². The SMILES string of the molecule is CC(C)n1c(SCC(=O)c2ccc(NC(=O)C(C)(C)C)cc2)nc2ccccc2c1=O. The van der Waals surface area contributed by atoms with Gasteiger partial charge in [0.25, 0.3) is 5.56 Å². The molecule has 0 radical (unpaired) electrons. The van der Waals surface area contributed by atoms with Crippen LogP contribution in [0.15, 0.2) is 58.5 Å². The Hall–Kier alpha value is -2.93. The summed E-state index contributed by atoms with van der Waals surface area (Å²) >= 11 is 1.26. The third-order valence-corrected chi connectivity index (χ3v) is 5.72. The predicted octanol–water partition coefficient (Wildman–Crippen LogP) is 4.94. The molecule has 0 saturated carbocycles. The molecule has 0 spiro atoms. The maximum atomic E-state index is 12.9. The molecule has 0 atom stereocenters. The lowest BCUT2D eigenvalue weighted by molar-refractivity contribution is -0.123. The lowest BCUT2D eigenvalue weighted by Gasteiger charge is -2.17. The maximum absolute atomic E-state index is 12.9. The number of hydrogen-bond acceptors (Lipinski definition) is 5. The van der Waals surface area contributed by atoms with Crippen molar-refractivity contribution in [2.75, 3.05) is 11.1 Å². The van der Waals surface area contributed by atoms with Crippen LogP contribution in [0.25, 0.3) is 10.9 Å². The van der Waals surface area contributed by atoms with E-state index in [-0.39, 0.29) is 29.0 Å². The number of fused-ring (bicyclic) bond motifs is 1. The Morgan fingerprint density at radius 2 is 1.71 bits per heavy atom. The summed E-state index contributed by atoms with van der Waals surface area (Å²) in [6.07, 6.45) is 0. The van der Waals surface area contributed by atoms with E-state index in [1.54, 1.807) is 41.0 Å². The number of carbonyl (C=O) groups excluding carboxylic acids is 2. The van der Waals surface area contributed by atoms with Gasteiger partial charge in [-0.2, -0.15) is 0 Å². The highest BCUT2D eigenvalue weighted by Gasteiger charge is 2.21. The first-order valence-electron chi connectivity index (χ1n) is 10.2. The number of rotatable bonds is 6. The van der Waals surface area contributed by atoms with Gasteiger partial charge in [0.05, 0.1) is 16.7 Å². The number of nitrogens with one attached hydrogen (secondary N) is 1. The van der Waals surface area contributed by atoms with Crippen molar-refractivity contribution in [1.82, 2.24) is 9.55 Å². The van der Waals surface area contributed by atoms with Crippen molar-refractivity contribution >= 4 is 40.0 Å². The Bertz CT molecular complexity index is 1180. The van der Waals surface area contributed by atoms with Crippen LogP contribution >= 0.6 is 11.8 Å². The number of carbonyl (C=O) groups is 2. The van der Waals surface area contributed by atoms with Crippen LogP contribution in [0.1, 0.15) is 51.0 Å². The zero-order valence-corrected chi connectivity index (χ0v) is 19.2. The number of ketones is 1. The van der Waals surface area contributed by atoms with E-state index in [0.29, 0.717) is 27.3 Å². The van der Waals surface area contributed by atoms with Gasteiger partial charge in [-0.15, -0.1) is 0 Å². The normalized spacial score (nSPS) is 11.7. The highest BCUT2D eigenvalue weighted by Crippen LogP contribution is 2.23. The third-order valence-electron chi connectivity index (χ3n) is 4.77. The topological polar surface area (TPSA) is 81.1 Å². The van der Waals surface area contributed by atoms with Crippen molar-refractivity contribution in [1.29, 1.82) is 0 Å². The molecule has 0 saturated heterocycles. The summed E-state index contributed by atoms with van der Waals surface area (Å²) in [5.74, 6) is -0.00172. The molecule has 0 fully saturated rings. The molecule has 1 aromatic heterocycles.